The molecule has 4 aromatic rings. The number of thiazole rings is 1. The Morgan fingerprint density at radius 3 is 2.84 bits per heavy atom. The number of Topliss-reactive ketones (excluding diaryl/α,β-unsaturated/α-hetero) is 1. The number of unbranched alkanes of at least 4 members (excludes halogenated alkanes) is 1. The molecule has 0 aliphatic carbocycles. The molecule has 2 aliphatic heterocycles. The molecular formula is C29H29F2N3O3S. The minimum absolute atomic E-state index is 0.0260. The minimum Gasteiger partial charge on any atom is -0.374 e. The zero-order chi connectivity index (χ0) is 26.2. The lowest BCUT2D eigenvalue weighted by molar-refractivity contribution is -0.135. The summed E-state index contributed by atoms with van der Waals surface area (Å²) >= 11 is 1.47. The lowest BCUT2D eigenvalue weighted by Gasteiger charge is -2.28. The molecule has 0 radical (unpaired) electrons. The first kappa shape index (κ1) is 25.1. The van der Waals surface area contributed by atoms with Crippen LogP contribution >= 0.6 is 11.3 Å². The summed E-state index contributed by atoms with van der Waals surface area (Å²) in [5, 5.41) is 0. The third-order valence-corrected chi connectivity index (χ3v) is 8.55. The number of benzene rings is 2. The molecular weight excluding hydrogens is 508 g/mol. The van der Waals surface area contributed by atoms with E-state index in [0.29, 0.717) is 49.2 Å². The van der Waals surface area contributed by atoms with Crippen LogP contribution in [0.3, 0.4) is 0 Å². The molecule has 38 heavy (non-hydrogen) atoms. The van der Waals surface area contributed by atoms with E-state index < -0.39 is 6.17 Å². The molecule has 2 saturated heterocycles. The number of aromatic nitrogens is 2. The second kappa shape index (κ2) is 10.5. The molecule has 2 fully saturated rings. The van der Waals surface area contributed by atoms with E-state index in [4.69, 9.17) is 4.74 Å². The summed E-state index contributed by atoms with van der Waals surface area (Å²) in [6.07, 6.45) is 4.86. The quantitative estimate of drug-likeness (QED) is 0.190. The van der Waals surface area contributed by atoms with Gasteiger partial charge in [0.05, 0.1) is 28.4 Å². The van der Waals surface area contributed by atoms with Crippen LogP contribution in [0.1, 0.15) is 67.0 Å². The molecule has 6 nitrogen and oxygen atoms in total. The van der Waals surface area contributed by atoms with Crippen LogP contribution < -0.4 is 0 Å². The molecule has 6 rings (SSSR count). The fraction of sp³-hybridized carbons (Fsp3) is 0.414. The van der Waals surface area contributed by atoms with Crippen LogP contribution in [-0.2, 0) is 9.53 Å². The molecule has 2 aromatic carbocycles. The Labute approximate surface area is 223 Å². The largest absolute Gasteiger partial charge is 0.374 e. The molecule has 0 N–H and O–H groups in total. The van der Waals surface area contributed by atoms with Crippen molar-refractivity contribution in [1.29, 1.82) is 0 Å². The van der Waals surface area contributed by atoms with Gasteiger partial charge in [-0.1, -0.05) is 17.4 Å². The highest BCUT2D eigenvalue weighted by Gasteiger charge is 2.25. The molecule has 2 aromatic heterocycles. The Morgan fingerprint density at radius 1 is 1.16 bits per heavy atom. The maximum absolute atomic E-state index is 15.0. The average molecular weight is 538 g/mol. The smallest absolute Gasteiger partial charge is 0.225 e. The van der Waals surface area contributed by atoms with Gasteiger partial charge >= 0.3 is 0 Å². The van der Waals surface area contributed by atoms with E-state index in [1.165, 1.54) is 11.3 Å². The Kier molecular flexibility index (Phi) is 6.97. The Hall–Kier alpha value is -3.17. The summed E-state index contributed by atoms with van der Waals surface area (Å²) < 4.78 is 36.8. The standard InChI is InChI=1S/C29H29F2N3O3S/c30-20-10-12-33(28(36)16-20)11-2-1-4-25(35)18-7-9-24-27(15-18)38-29-32-23(17-34(24)29)21-8-6-19(14-22(21)31)26-5-3-13-37-26/h6-9,14-15,17,20,26H,1-5,10-13,16H2/t20?,26-/m1/s1. The van der Waals surface area contributed by atoms with E-state index >= 15 is 0 Å². The Balaban J connectivity index is 1.12. The number of piperidine rings is 1. The number of ketones is 1. The van der Waals surface area contributed by atoms with Crippen LogP contribution in [0.25, 0.3) is 26.4 Å². The average Bonchev–Trinajstić information content (AvgIpc) is 3.64. The van der Waals surface area contributed by atoms with Crippen molar-refractivity contribution in [3.8, 4) is 11.3 Å². The van der Waals surface area contributed by atoms with Crippen molar-refractivity contribution in [3.63, 3.8) is 0 Å². The van der Waals surface area contributed by atoms with E-state index in [1.807, 2.05) is 34.9 Å². The predicted molar refractivity (Wildman–Crippen MR) is 143 cm³/mol. The second-order valence-electron chi connectivity index (χ2n) is 10.2. The zero-order valence-corrected chi connectivity index (χ0v) is 21.8. The number of carbonyl (C=O) groups excluding carboxylic acids is 2. The van der Waals surface area contributed by atoms with E-state index in [9.17, 15) is 18.4 Å². The molecule has 2 atom stereocenters. The highest BCUT2D eigenvalue weighted by molar-refractivity contribution is 7.23. The maximum Gasteiger partial charge on any atom is 0.225 e. The molecule has 198 valence electrons. The van der Waals surface area contributed by atoms with E-state index in [-0.39, 0.29) is 30.0 Å². The number of hydrogen-bond acceptors (Lipinski definition) is 5. The van der Waals surface area contributed by atoms with Crippen molar-refractivity contribution in [1.82, 2.24) is 14.3 Å². The highest BCUT2D eigenvalue weighted by atomic mass is 32.1. The monoisotopic (exact) mass is 537 g/mol. The number of nitrogens with zero attached hydrogens (tertiary/aromatic N) is 3. The fourth-order valence-electron chi connectivity index (χ4n) is 5.39. The van der Waals surface area contributed by atoms with Crippen LogP contribution in [0, 0.1) is 5.82 Å². The molecule has 0 bridgehead atoms. The van der Waals surface area contributed by atoms with Crippen LogP contribution in [0.2, 0.25) is 0 Å². The lowest BCUT2D eigenvalue weighted by Crippen LogP contribution is -2.40. The summed E-state index contributed by atoms with van der Waals surface area (Å²) in [6, 6.07) is 10.9. The van der Waals surface area contributed by atoms with Crippen molar-refractivity contribution in [2.24, 2.45) is 0 Å². The number of rotatable bonds is 8. The number of fused-ring (bicyclic) bond motifs is 3. The first-order valence-corrected chi connectivity index (χ1v) is 14.1. The number of amides is 1. The van der Waals surface area contributed by atoms with E-state index in [2.05, 4.69) is 4.98 Å². The van der Waals surface area contributed by atoms with Crippen LogP contribution in [0.15, 0.2) is 42.6 Å². The molecule has 0 saturated carbocycles. The van der Waals surface area contributed by atoms with Crippen molar-refractivity contribution in [2.75, 3.05) is 19.7 Å². The van der Waals surface area contributed by atoms with Gasteiger partial charge < -0.3 is 9.64 Å². The fourth-order valence-corrected chi connectivity index (χ4v) is 6.44. The van der Waals surface area contributed by atoms with E-state index in [0.717, 1.165) is 46.6 Å². The topological polar surface area (TPSA) is 63.9 Å². The highest BCUT2D eigenvalue weighted by Crippen LogP contribution is 2.34. The van der Waals surface area contributed by atoms with Crippen LogP contribution in [0.5, 0.6) is 0 Å². The van der Waals surface area contributed by atoms with Crippen LogP contribution in [0.4, 0.5) is 8.78 Å². The second-order valence-corrected chi connectivity index (χ2v) is 11.2. The first-order valence-electron chi connectivity index (χ1n) is 13.2. The Bertz CT molecular complexity index is 1510. The Morgan fingerprint density at radius 2 is 2.05 bits per heavy atom. The molecule has 1 amide bonds. The minimum atomic E-state index is -1.02. The lowest BCUT2D eigenvalue weighted by atomic mass is 10.0. The summed E-state index contributed by atoms with van der Waals surface area (Å²) in [5.41, 5.74) is 3.46. The van der Waals surface area contributed by atoms with Gasteiger partial charge in [-0.05, 0) is 68.0 Å². The molecule has 2 aliphatic rings. The number of halogens is 2. The third kappa shape index (κ3) is 4.97. The number of ether oxygens (including phenoxy) is 1. The number of hydrogen-bond donors (Lipinski definition) is 0. The van der Waals surface area contributed by atoms with Gasteiger partial charge in [0.1, 0.15) is 12.0 Å². The predicted octanol–water partition coefficient (Wildman–Crippen LogP) is 6.52. The summed E-state index contributed by atoms with van der Waals surface area (Å²) in [6.45, 7) is 1.75. The van der Waals surface area contributed by atoms with Gasteiger partial charge in [-0.2, -0.15) is 0 Å². The van der Waals surface area contributed by atoms with Crippen molar-refractivity contribution in [3.05, 3.63) is 59.5 Å². The summed E-state index contributed by atoms with van der Waals surface area (Å²) in [4.78, 5) is 31.8. The molecule has 9 heteroatoms. The zero-order valence-electron chi connectivity index (χ0n) is 21.0. The summed E-state index contributed by atoms with van der Waals surface area (Å²) in [7, 11) is 0. The summed E-state index contributed by atoms with van der Waals surface area (Å²) in [5.74, 6) is -0.386. The van der Waals surface area contributed by atoms with Crippen molar-refractivity contribution < 1.29 is 23.1 Å². The number of carbonyl (C=O) groups is 2. The van der Waals surface area contributed by atoms with Crippen molar-refractivity contribution >= 4 is 38.2 Å². The van der Waals surface area contributed by atoms with Gasteiger partial charge in [0.25, 0.3) is 0 Å². The first-order chi connectivity index (χ1) is 18.5. The number of imidazole rings is 1. The normalized spacial score (nSPS) is 20.2. The van der Waals surface area contributed by atoms with Gasteiger partial charge in [0.15, 0.2) is 10.7 Å². The van der Waals surface area contributed by atoms with Gasteiger partial charge in [0.2, 0.25) is 5.91 Å². The molecule has 0 spiro atoms. The van der Waals surface area contributed by atoms with Gasteiger partial charge in [-0.25, -0.2) is 13.8 Å². The van der Waals surface area contributed by atoms with Crippen LogP contribution in [-0.4, -0.2) is 51.8 Å². The number of alkyl halides is 1. The SMILES string of the molecule is O=C(CCCCN1CCC(F)CC1=O)c1ccc2c(c1)sc1nc(-c3ccc([C@H]4CCCO4)cc3F)cn12. The van der Waals surface area contributed by atoms with Gasteiger partial charge in [0, 0.05) is 43.4 Å². The maximum atomic E-state index is 15.0. The number of likely N-dealkylation sites (tertiary alicyclic amines) is 1. The third-order valence-electron chi connectivity index (χ3n) is 7.53. The molecule has 1 unspecified atom stereocenters. The van der Waals surface area contributed by atoms with Crippen molar-refractivity contribution in [2.45, 2.75) is 57.2 Å². The molecule has 4 heterocycles. The van der Waals surface area contributed by atoms with E-state index in [1.54, 1.807) is 17.0 Å². The van der Waals surface area contributed by atoms with Gasteiger partial charge in [-0.3, -0.25) is 14.0 Å². The van der Waals surface area contributed by atoms with Gasteiger partial charge in [-0.15, -0.1) is 0 Å².